The van der Waals surface area contributed by atoms with Crippen molar-refractivity contribution in [1.29, 1.82) is 5.26 Å². The third-order valence-electron chi connectivity index (χ3n) is 4.89. The number of pyridine rings is 1. The van der Waals surface area contributed by atoms with Gasteiger partial charge in [0.05, 0.1) is 34.8 Å². The van der Waals surface area contributed by atoms with Crippen LogP contribution in [0.15, 0.2) is 30.5 Å². The van der Waals surface area contributed by atoms with E-state index in [4.69, 9.17) is 29.1 Å². The summed E-state index contributed by atoms with van der Waals surface area (Å²) in [7, 11) is 0. The number of alkyl halides is 3. The van der Waals surface area contributed by atoms with Crippen LogP contribution in [0.4, 0.5) is 24.5 Å². The number of anilines is 2. The average Bonchev–Trinajstić information content (AvgIpc) is 2.85. The van der Waals surface area contributed by atoms with Crippen molar-refractivity contribution in [2.45, 2.75) is 38.9 Å². The number of halogens is 4. The number of aromatic nitrogens is 1. The maximum atomic E-state index is 13.4. The van der Waals surface area contributed by atoms with Crippen molar-refractivity contribution in [2.75, 3.05) is 9.80 Å². The van der Waals surface area contributed by atoms with Gasteiger partial charge in [-0.2, -0.15) is 18.4 Å². The van der Waals surface area contributed by atoms with Gasteiger partial charge in [0, 0.05) is 0 Å². The second-order valence-electron chi connectivity index (χ2n) is 7.15. The van der Waals surface area contributed by atoms with E-state index >= 15 is 0 Å². The number of benzene rings is 1. The van der Waals surface area contributed by atoms with Crippen molar-refractivity contribution in [2.24, 2.45) is 0 Å². The summed E-state index contributed by atoms with van der Waals surface area (Å²) in [4.78, 5) is 19.9. The molecule has 0 N–H and O–H groups in total. The van der Waals surface area contributed by atoms with Crippen LogP contribution in [0.3, 0.4) is 0 Å². The predicted molar refractivity (Wildman–Crippen MR) is 111 cm³/mol. The lowest BCUT2D eigenvalue weighted by Gasteiger charge is -2.29. The van der Waals surface area contributed by atoms with Gasteiger partial charge >= 0.3 is 6.18 Å². The summed E-state index contributed by atoms with van der Waals surface area (Å²) >= 11 is 11.6. The normalized spacial score (nSPS) is 16.2. The van der Waals surface area contributed by atoms with Gasteiger partial charge in [-0.25, -0.2) is 4.98 Å². The predicted octanol–water partition coefficient (Wildman–Crippen LogP) is 5.10. The topological polar surface area (TPSA) is 60.2 Å². The molecule has 10 heteroatoms. The Balaban J connectivity index is 2.12. The maximum Gasteiger partial charge on any atom is 0.417 e. The van der Waals surface area contributed by atoms with Crippen LogP contribution >= 0.6 is 23.8 Å². The molecule has 1 aliphatic heterocycles. The molecule has 2 aromatic rings. The van der Waals surface area contributed by atoms with Gasteiger partial charge in [-0.3, -0.25) is 9.69 Å². The van der Waals surface area contributed by atoms with Gasteiger partial charge in [-0.15, -0.1) is 0 Å². The molecule has 0 radical (unpaired) electrons. The maximum absolute atomic E-state index is 13.4. The zero-order valence-corrected chi connectivity index (χ0v) is 17.8. The Morgan fingerprint density at radius 2 is 1.93 bits per heavy atom. The van der Waals surface area contributed by atoms with Crippen molar-refractivity contribution < 1.29 is 18.0 Å². The number of nitrogens with zero attached hydrogens (tertiary/aromatic N) is 4. The molecule has 0 aliphatic carbocycles. The minimum Gasteiger partial charge on any atom is -0.302 e. The molecule has 0 bridgehead atoms. The fourth-order valence-corrected chi connectivity index (χ4v) is 4.07. The van der Waals surface area contributed by atoms with Crippen molar-refractivity contribution in [3.05, 3.63) is 52.3 Å². The number of carbonyl (C=O) groups excluding carboxylic acids is 1. The minimum atomic E-state index is -4.75. The number of aryl methyl sites for hydroxylation is 1. The Hall–Kier alpha value is -2.70. The van der Waals surface area contributed by atoms with E-state index in [1.807, 2.05) is 6.92 Å². The van der Waals surface area contributed by atoms with Crippen LogP contribution in [0.5, 0.6) is 0 Å². The zero-order valence-electron chi connectivity index (χ0n) is 16.2. The zero-order chi connectivity index (χ0) is 22.4. The van der Waals surface area contributed by atoms with Crippen LogP contribution in [0, 0.1) is 11.3 Å². The SMILES string of the molecule is CCc1cc(N2C(=S)N(c3ccc(C#N)c(C(F)(F)F)c3)C(=O)C2(C)C)cnc1Cl. The molecule has 0 atom stereocenters. The second-order valence-corrected chi connectivity index (χ2v) is 7.88. The van der Waals surface area contributed by atoms with Crippen LogP contribution in [-0.2, 0) is 17.4 Å². The fourth-order valence-electron chi connectivity index (χ4n) is 3.31. The Kier molecular flexibility index (Phi) is 5.52. The number of carbonyl (C=O) groups is 1. The highest BCUT2D eigenvalue weighted by Gasteiger charge is 2.51. The van der Waals surface area contributed by atoms with E-state index < -0.39 is 28.7 Å². The quantitative estimate of drug-likeness (QED) is 0.478. The van der Waals surface area contributed by atoms with Crippen molar-refractivity contribution in [1.82, 2.24) is 4.98 Å². The molecular weight excluding hydrogens is 437 g/mol. The molecule has 0 spiro atoms. The van der Waals surface area contributed by atoms with Crippen molar-refractivity contribution >= 4 is 46.2 Å². The molecule has 156 valence electrons. The summed E-state index contributed by atoms with van der Waals surface area (Å²) in [5.74, 6) is -0.502. The molecular formula is C20H16ClF3N4OS. The van der Waals surface area contributed by atoms with Crippen molar-refractivity contribution in [3.8, 4) is 6.07 Å². The Bertz CT molecular complexity index is 1090. The highest BCUT2D eigenvalue weighted by Crippen LogP contribution is 2.39. The summed E-state index contributed by atoms with van der Waals surface area (Å²) in [5.41, 5.74) is -1.65. The number of amides is 1. The van der Waals surface area contributed by atoms with Gasteiger partial charge < -0.3 is 4.90 Å². The van der Waals surface area contributed by atoms with E-state index in [1.54, 1.807) is 24.8 Å². The molecule has 2 heterocycles. The monoisotopic (exact) mass is 452 g/mol. The van der Waals surface area contributed by atoms with Gasteiger partial charge in [0.2, 0.25) is 0 Å². The lowest BCUT2D eigenvalue weighted by molar-refractivity contribution is -0.137. The largest absolute Gasteiger partial charge is 0.417 e. The fraction of sp³-hybridized carbons (Fsp3) is 0.300. The first-order valence-electron chi connectivity index (χ1n) is 8.88. The van der Waals surface area contributed by atoms with Gasteiger partial charge in [-0.05, 0) is 62.3 Å². The highest BCUT2D eigenvalue weighted by atomic mass is 35.5. The smallest absolute Gasteiger partial charge is 0.302 e. The van der Waals surface area contributed by atoms with Crippen LogP contribution in [-0.4, -0.2) is 21.5 Å². The summed E-state index contributed by atoms with van der Waals surface area (Å²) in [6.07, 6.45) is -2.69. The summed E-state index contributed by atoms with van der Waals surface area (Å²) in [5, 5.41) is 9.34. The van der Waals surface area contributed by atoms with Crippen molar-refractivity contribution in [3.63, 3.8) is 0 Å². The van der Waals surface area contributed by atoms with E-state index in [2.05, 4.69) is 4.98 Å². The first-order chi connectivity index (χ1) is 13.9. The Morgan fingerprint density at radius 1 is 1.27 bits per heavy atom. The van der Waals surface area contributed by atoms with E-state index in [0.29, 0.717) is 17.3 Å². The van der Waals surface area contributed by atoms with Gasteiger partial charge in [0.15, 0.2) is 5.11 Å². The number of hydrogen-bond donors (Lipinski definition) is 0. The number of nitriles is 1. The van der Waals surface area contributed by atoms with Crippen LogP contribution in [0.25, 0.3) is 0 Å². The van der Waals surface area contributed by atoms with Crippen LogP contribution in [0.1, 0.15) is 37.5 Å². The molecule has 0 saturated carbocycles. The average molecular weight is 453 g/mol. The van der Waals surface area contributed by atoms with E-state index in [9.17, 15) is 18.0 Å². The third-order valence-corrected chi connectivity index (χ3v) is 5.60. The van der Waals surface area contributed by atoms with Gasteiger partial charge in [-0.1, -0.05) is 18.5 Å². The van der Waals surface area contributed by atoms with E-state index in [-0.39, 0.29) is 10.8 Å². The number of rotatable bonds is 3. The molecule has 30 heavy (non-hydrogen) atoms. The minimum absolute atomic E-state index is 0.00834. The first-order valence-corrected chi connectivity index (χ1v) is 9.66. The Labute approximate surface area is 181 Å². The van der Waals surface area contributed by atoms with Gasteiger partial charge in [0.1, 0.15) is 10.7 Å². The molecule has 1 aromatic heterocycles. The molecule has 0 unspecified atom stereocenters. The van der Waals surface area contributed by atoms with Gasteiger partial charge in [0.25, 0.3) is 5.91 Å². The van der Waals surface area contributed by atoms with E-state index in [1.165, 1.54) is 18.3 Å². The lowest BCUT2D eigenvalue weighted by atomic mass is 10.0. The summed E-state index contributed by atoms with van der Waals surface area (Å²) in [6.45, 7) is 5.14. The second kappa shape index (κ2) is 7.52. The molecule has 1 aromatic carbocycles. The molecule has 5 nitrogen and oxygen atoms in total. The molecule has 1 saturated heterocycles. The number of hydrogen-bond acceptors (Lipinski definition) is 4. The molecule has 1 aliphatic rings. The first kappa shape index (κ1) is 22.0. The van der Waals surface area contributed by atoms with E-state index in [0.717, 1.165) is 22.6 Å². The standard InChI is InChI=1S/C20H16ClF3N4OS/c1-4-11-7-14(10-26-16(11)21)28-18(30)27(17(29)19(28,2)3)13-6-5-12(9-25)15(8-13)20(22,23)24/h5-8,10H,4H2,1-3H3. The molecule has 1 fully saturated rings. The summed E-state index contributed by atoms with van der Waals surface area (Å²) < 4.78 is 40.2. The van der Waals surface area contributed by atoms with Crippen LogP contribution < -0.4 is 9.80 Å². The third kappa shape index (κ3) is 3.50. The van der Waals surface area contributed by atoms with Crippen LogP contribution in [0.2, 0.25) is 5.15 Å². The Morgan fingerprint density at radius 3 is 2.50 bits per heavy atom. The molecule has 1 amide bonds. The summed E-state index contributed by atoms with van der Waals surface area (Å²) in [6, 6.07) is 6.34. The molecule has 3 rings (SSSR count). The lowest BCUT2D eigenvalue weighted by Crippen LogP contribution is -2.44. The number of thiocarbonyl (C=S) groups is 1. The highest BCUT2D eigenvalue weighted by molar-refractivity contribution is 7.81.